The molecule has 0 saturated carbocycles. The summed E-state index contributed by atoms with van der Waals surface area (Å²) in [5.41, 5.74) is 1.56. The van der Waals surface area contributed by atoms with Gasteiger partial charge in [-0.05, 0) is 30.6 Å². The Morgan fingerprint density at radius 2 is 2.07 bits per heavy atom. The van der Waals surface area contributed by atoms with Gasteiger partial charge in [0.25, 0.3) is 0 Å². The van der Waals surface area contributed by atoms with E-state index >= 15 is 0 Å². The van der Waals surface area contributed by atoms with Gasteiger partial charge in [0.05, 0.1) is 18.4 Å². The van der Waals surface area contributed by atoms with Crippen molar-refractivity contribution < 1.29 is 33.7 Å². The molecule has 0 aromatic carbocycles. The third kappa shape index (κ3) is 5.56. The summed E-state index contributed by atoms with van der Waals surface area (Å²) < 4.78 is 16.6. The van der Waals surface area contributed by atoms with E-state index in [9.17, 15) is 19.5 Å². The van der Waals surface area contributed by atoms with Crippen molar-refractivity contribution in [1.82, 2.24) is 0 Å². The zero-order valence-electron chi connectivity index (χ0n) is 17.5. The molecule has 0 spiro atoms. The normalized spacial score (nSPS) is 32.0. The first-order valence-corrected chi connectivity index (χ1v) is 9.92. The maximum absolute atomic E-state index is 12.5. The number of aliphatic hydroxyl groups excluding tert-OH is 1. The molecule has 29 heavy (non-hydrogen) atoms. The van der Waals surface area contributed by atoms with Crippen LogP contribution in [-0.2, 0) is 28.6 Å². The fraction of sp³-hybridized carbons (Fsp3) is 0.591. The van der Waals surface area contributed by atoms with Crippen molar-refractivity contribution in [3.8, 4) is 0 Å². The van der Waals surface area contributed by atoms with E-state index in [0.29, 0.717) is 24.0 Å². The van der Waals surface area contributed by atoms with Gasteiger partial charge >= 0.3 is 17.9 Å². The summed E-state index contributed by atoms with van der Waals surface area (Å²) in [6.07, 6.45) is 2.80. The molecule has 1 N–H and O–H groups in total. The van der Waals surface area contributed by atoms with E-state index in [0.717, 1.165) is 0 Å². The van der Waals surface area contributed by atoms with Gasteiger partial charge in [0.15, 0.2) is 0 Å². The molecule has 1 unspecified atom stereocenters. The largest absolute Gasteiger partial charge is 0.461 e. The fourth-order valence-corrected chi connectivity index (χ4v) is 3.49. The highest BCUT2D eigenvalue weighted by Gasteiger charge is 2.45. The Balaban J connectivity index is 2.45. The van der Waals surface area contributed by atoms with Gasteiger partial charge < -0.3 is 19.3 Å². The summed E-state index contributed by atoms with van der Waals surface area (Å²) in [5.74, 6) is -2.22. The Morgan fingerprint density at radius 1 is 1.38 bits per heavy atom. The second-order valence-corrected chi connectivity index (χ2v) is 7.67. The van der Waals surface area contributed by atoms with E-state index in [1.165, 1.54) is 6.92 Å². The van der Waals surface area contributed by atoms with Crippen LogP contribution in [0, 0.1) is 11.8 Å². The Bertz CT molecular complexity index is 733. The Kier molecular flexibility index (Phi) is 7.79. The summed E-state index contributed by atoms with van der Waals surface area (Å²) in [7, 11) is 0. The third-order valence-corrected chi connectivity index (χ3v) is 5.47. The van der Waals surface area contributed by atoms with Crippen molar-refractivity contribution in [3.05, 3.63) is 35.5 Å². The molecular formula is C22H30O7. The Labute approximate surface area is 171 Å². The molecule has 1 fully saturated rings. The lowest BCUT2D eigenvalue weighted by molar-refractivity contribution is -0.156. The number of aliphatic hydroxyl groups is 1. The molecule has 0 radical (unpaired) electrons. The monoisotopic (exact) mass is 406 g/mol. The molecule has 0 bridgehead atoms. The van der Waals surface area contributed by atoms with Gasteiger partial charge in [-0.15, -0.1) is 0 Å². The minimum Gasteiger partial charge on any atom is -0.461 e. The van der Waals surface area contributed by atoms with Crippen LogP contribution in [0.1, 0.15) is 47.0 Å². The first kappa shape index (κ1) is 22.9. The number of esters is 3. The topological polar surface area (TPSA) is 99.1 Å². The van der Waals surface area contributed by atoms with E-state index in [2.05, 4.69) is 6.58 Å². The molecule has 5 atom stereocenters. The number of fused-ring (bicyclic) bond motifs is 1. The Morgan fingerprint density at radius 3 is 2.66 bits per heavy atom. The summed E-state index contributed by atoms with van der Waals surface area (Å²) in [5, 5.41) is 9.82. The maximum atomic E-state index is 12.5. The van der Waals surface area contributed by atoms with Crippen LogP contribution in [0.4, 0.5) is 0 Å². The van der Waals surface area contributed by atoms with Crippen molar-refractivity contribution in [1.29, 1.82) is 0 Å². The van der Waals surface area contributed by atoms with Crippen LogP contribution < -0.4 is 0 Å². The maximum Gasteiger partial charge on any atom is 0.334 e. The average Bonchev–Trinajstić information content (AvgIpc) is 2.94. The van der Waals surface area contributed by atoms with Gasteiger partial charge in [-0.3, -0.25) is 9.59 Å². The van der Waals surface area contributed by atoms with Crippen molar-refractivity contribution in [2.24, 2.45) is 11.8 Å². The Hall–Kier alpha value is -2.41. The van der Waals surface area contributed by atoms with Gasteiger partial charge in [-0.25, -0.2) is 4.79 Å². The van der Waals surface area contributed by atoms with Crippen LogP contribution in [0.3, 0.4) is 0 Å². The molecule has 2 rings (SSSR count). The van der Waals surface area contributed by atoms with Crippen molar-refractivity contribution in [2.75, 3.05) is 6.61 Å². The smallest absolute Gasteiger partial charge is 0.334 e. The lowest BCUT2D eigenvalue weighted by Gasteiger charge is -2.29. The van der Waals surface area contributed by atoms with Gasteiger partial charge in [-0.2, -0.15) is 0 Å². The number of rotatable bonds is 5. The molecule has 1 saturated heterocycles. The van der Waals surface area contributed by atoms with E-state index in [-0.39, 0.29) is 30.5 Å². The molecule has 1 heterocycles. The second-order valence-electron chi connectivity index (χ2n) is 7.67. The molecule has 7 heteroatoms. The predicted molar refractivity (Wildman–Crippen MR) is 106 cm³/mol. The number of carbonyl (C=O) groups is 3. The molecule has 0 aromatic heterocycles. The van der Waals surface area contributed by atoms with E-state index in [1.807, 2.05) is 6.92 Å². The minimum atomic E-state index is -0.701. The number of hydrogen-bond donors (Lipinski definition) is 1. The summed E-state index contributed by atoms with van der Waals surface area (Å²) >= 11 is 0. The molecule has 0 aromatic rings. The number of ether oxygens (including phenoxy) is 3. The summed E-state index contributed by atoms with van der Waals surface area (Å²) in [4.78, 5) is 36.2. The lowest BCUT2D eigenvalue weighted by Crippen LogP contribution is -2.35. The SMILES string of the molecule is C=C1C(=O)O[C@H]2/C=C(/C)[C@@H](OC(C)=O)C/C=C(\CO)C[C@@H](OC(=O)C(C)CC)[C@@H]12. The van der Waals surface area contributed by atoms with Crippen molar-refractivity contribution in [2.45, 2.75) is 65.3 Å². The molecule has 7 nitrogen and oxygen atoms in total. The van der Waals surface area contributed by atoms with Crippen LogP contribution in [0.5, 0.6) is 0 Å². The molecule has 0 amide bonds. The molecular weight excluding hydrogens is 376 g/mol. The van der Waals surface area contributed by atoms with Crippen LogP contribution in [0.2, 0.25) is 0 Å². The predicted octanol–water partition coefficient (Wildman–Crippen LogP) is 2.63. The zero-order valence-corrected chi connectivity index (χ0v) is 17.5. The average molecular weight is 406 g/mol. The van der Waals surface area contributed by atoms with Crippen molar-refractivity contribution >= 4 is 17.9 Å². The van der Waals surface area contributed by atoms with Crippen molar-refractivity contribution in [3.63, 3.8) is 0 Å². The fourth-order valence-electron chi connectivity index (χ4n) is 3.49. The lowest BCUT2D eigenvalue weighted by atomic mass is 9.85. The zero-order chi connectivity index (χ0) is 21.7. The molecule has 160 valence electrons. The van der Waals surface area contributed by atoms with Crippen LogP contribution in [0.25, 0.3) is 0 Å². The standard InChI is InChI=1S/C22H30O7/c1-6-12(2)21(25)28-19-10-16(11-23)7-8-17(27-15(5)24)13(3)9-18-20(19)14(4)22(26)29-18/h7,9,12,17-20,23H,4,6,8,10-11H2,1-3,5H3/b13-9-,16-7-/t12?,17-,18-,19+,20-/m0/s1. The van der Waals surface area contributed by atoms with Crippen LogP contribution in [-0.4, -0.2) is 47.9 Å². The van der Waals surface area contributed by atoms with Gasteiger partial charge in [-0.1, -0.05) is 26.5 Å². The molecule has 2 aliphatic rings. The molecule has 1 aliphatic carbocycles. The van der Waals surface area contributed by atoms with Crippen LogP contribution >= 0.6 is 0 Å². The number of carbonyl (C=O) groups excluding carboxylic acids is 3. The molecule has 1 aliphatic heterocycles. The number of hydrogen-bond acceptors (Lipinski definition) is 7. The quantitative estimate of drug-likeness (QED) is 0.324. The van der Waals surface area contributed by atoms with Gasteiger partial charge in [0.1, 0.15) is 18.3 Å². The highest BCUT2D eigenvalue weighted by atomic mass is 16.6. The highest BCUT2D eigenvalue weighted by molar-refractivity contribution is 5.91. The summed E-state index contributed by atoms with van der Waals surface area (Å²) in [6.45, 7) is 10.4. The minimum absolute atomic E-state index is 0.225. The van der Waals surface area contributed by atoms with Crippen LogP contribution in [0.15, 0.2) is 35.5 Å². The first-order valence-electron chi connectivity index (χ1n) is 9.92. The second kappa shape index (κ2) is 9.87. The summed E-state index contributed by atoms with van der Waals surface area (Å²) in [6, 6.07) is 0. The highest BCUT2D eigenvalue weighted by Crippen LogP contribution is 2.37. The van der Waals surface area contributed by atoms with Gasteiger partial charge in [0, 0.05) is 25.3 Å². The first-order chi connectivity index (χ1) is 13.7. The van der Waals surface area contributed by atoms with E-state index in [4.69, 9.17) is 14.2 Å². The van der Waals surface area contributed by atoms with E-state index in [1.54, 1.807) is 26.0 Å². The van der Waals surface area contributed by atoms with Gasteiger partial charge in [0.2, 0.25) is 0 Å². The third-order valence-electron chi connectivity index (χ3n) is 5.47. The van der Waals surface area contributed by atoms with E-state index < -0.39 is 36.2 Å².